The fourth-order valence-corrected chi connectivity index (χ4v) is 6.11. The van der Waals surface area contributed by atoms with Crippen LogP contribution in [-0.4, -0.2) is 187 Å². The van der Waals surface area contributed by atoms with Gasteiger partial charge in [-0.05, 0) is 12.3 Å². The number of carbonyl (C=O) groups is 1. The van der Waals surface area contributed by atoms with Crippen LogP contribution in [0.2, 0.25) is 0 Å². The number of Topliss-reactive ketones (excluding diaryl/α,β-unsaturated/α-hetero) is 1. The molecule has 0 aromatic heterocycles. The van der Waals surface area contributed by atoms with Gasteiger partial charge in [-0.15, -0.1) is 0 Å². The number of aliphatic hydroxyl groups excluding tert-OH is 9. The van der Waals surface area contributed by atoms with Gasteiger partial charge in [0.25, 0.3) is 0 Å². The van der Waals surface area contributed by atoms with E-state index in [0.717, 1.165) is 0 Å². The molecule has 2 saturated carbocycles. The van der Waals surface area contributed by atoms with E-state index in [9.17, 15) is 50.8 Å². The van der Waals surface area contributed by atoms with Gasteiger partial charge in [-0.1, -0.05) is 0 Å². The van der Waals surface area contributed by atoms with Crippen LogP contribution in [-0.2, 0) is 23.7 Å². The minimum absolute atomic E-state index is 0.0415. The average molecular weight is 657 g/mol. The number of ketones is 1. The van der Waals surface area contributed by atoms with E-state index in [4.69, 9.17) is 41.3 Å². The van der Waals surface area contributed by atoms with Crippen LogP contribution < -0.4 is 22.5 Å². The third-order valence-corrected chi connectivity index (χ3v) is 9.17. The number of nitrogens with two attached hydrogens (primary N) is 3. The average Bonchev–Trinajstić information content (AvgIpc) is 3.64. The van der Waals surface area contributed by atoms with Crippen LogP contribution in [0.5, 0.6) is 0 Å². The second kappa shape index (κ2) is 15.0. The SMILES string of the molecule is NC1CC1(O)C(=O)C[C@@H]1C[C@H](N)C(O[C@H]2O[C@H](CNCC(O)CO)[C@@H](O)[C@H](O)[C@H]2O)[C@H](O)[C@H]1O[C@H]1O[C@H](CO)[C@@H](O)[C@H](N)[C@H]1O. The second-order valence-electron chi connectivity index (χ2n) is 12.5. The number of rotatable bonds is 13. The molecule has 262 valence electrons. The van der Waals surface area contributed by atoms with Gasteiger partial charge in [0.2, 0.25) is 0 Å². The maximum atomic E-state index is 13.0. The summed E-state index contributed by atoms with van der Waals surface area (Å²) in [6.45, 7) is -1.43. The lowest BCUT2D eigenvalue weighted by molar-refractivity contribution is -0.335. The smallest absolute Gasteiger partial charge is 0.187 e. The van der Waals surface area contributed by atoms with Crippen molar-refractivity contribution < 1.29 is 74.8 Å². The van der Waals surface area contributed by atoms with Crippen molar-refractivity contribution in [1.29, 1.82) is 0 Å². The lowest BCUT2D eigenvalue weighted by Crippen LogP contribution is -2.67. The molecule has 0 radical (unpaired) electrons. The highest BCUT2D eigenvalue weighted by Crippen LogP contribution is 2.41. The predicted octanol–water partition coefficient (Wildman–Crippen LogP) is -8.60. The monoisotopic (exact) mass is 656 g/mol. The summed E-state index contributed by atoms with van der Waals surface area (Å²) in [4.78, 5) is 13.0. The first-order chi connectivity index (χ1) is 21.1. The van der Waals surface area contributed by atoms with Crippen LogP contribution in [0.1, 0.15) is 19.3 Å². The van der Waals surface area contributed by atoms with E-state index in [1.165, 1.54) is 0 Å². The minimum Gasteiger partial charge on any atom is -0.394 e. The normalized spacial score (nSPS) is 49.4. The van der Waals surface area contributed by atoms with Crippen molar-refractivity contribution in [2.75, 3.05) is 26.3 Å². The summed E-state index contributed by atoms with van der Waals surface area (Å²) in [7, 11) is 0. The Kier molecular flexibility index (Phi) is 12.3. The summed E-state index contributed by atoms with van der Waals surface area (Å²) in [6, 6.07) is -3.12. The van der Waals surface area contributed by atoms with Crippen LogP contribution in [0.3, 0.4) is 0 Å². The van der Waals surface area contributed by atoms with Crippen LogP contribution in [0, 0.1) is 5.92 Å². The quantitative estimate of drug-likeness (QED) is 0.0874. The first-order valence-electron chi connectivity index (χ1n) is 15.0. The Hall–Kier alpha value is -1.05. The highest BCUT2D eigenvalue weighted by atomic mass is 16.7. The molecule has 0 aromatic rings. The molecule has 0 spiro atoms. The minimum atomic E-state index is -1.81. The summed E-state index contributed by atoms with van der Waals surface area (Å²) in [5, 5.41) is 105. The van der Waals surface area contributed by atoms with Crippen molar-refractivity contribution >= 4 is 5.78 Å². The zero-order valence-corrected chi connectivity index (χ0v) is 24.5. The van der Waals surface area contributed by atoms with Crippen LogP contribution >= 0.6 is 0 Å². The van der Waals surface area contributed by atoms with Crippen molar-refractivity contribution in [2.24, 2.45) is 23.1 Å². The molecule has 2 saturated heterocycles. The molecule has 4 fully saturated rings. The molecule has 18 atom stereocenters. The Morgan fingerprint density at radius 2 is 1.47 bits per heavy atom. The second-order valence-corrected chi connectivity index (χ2v) is 12.5. The van der Waals surface area contributed by atoms with Crippen LogP contribution in [0.4, 0.5) is 0 Å². The van der Waals surface area contributed by atoms with Gasteiger partial charge < -0.3 is 92.5 Å². The fraction of sp³-hybridized carbons (Fsp3) is 0.962. The molecule has 4 unspecified atom stereocenters. The van der Waals surface area contributed by atoms with E-state index < -0.39 is 128 Å². The van der Waals surface area contributed by atoms with Gasteiger partial charge >= 0.3 is 0 Å². The molecule has 19 nitrogen and oxygen atoms in total. The van der Waals surface area contributed by atoms with E-state index in [1.54, 1.807) is 0 Å². The molecule has 4 aliphatic rings. The van der Waals surface area contributed by atoms with E-state index in [-0.39, 0.29) is 32.4 Å². The third-order valence-electron chi connectivity index (χ3n) is 9.17. The Labute approximate surface area is 258 Å². The van der Waals surface area contributed by atoms with Gasteiger partial charge in [0.15, 0.2) is 18.4 Å². The molecule has 4 rings (SSSR count). The van der Waals surface area contributed by atoms with Crippen molar-refractivity contribution in [3.8, 4) is 0 Å². The summed E-state index contributed by atoms with van der Waals surface area (Å²) in [5.74, 6) is -1.52. The first kappa shape index (κ1) is 36.8. The van der Waals surface area contributed by atoms with Gasteiger partial charge in [0, 0.05) is 38.0 Å². The predicted molar refractivity (Wildman–Crippen MR) is 147 cm³/mol. The number of nitrogens with one attached hydrogen (secondary N) is 1. The first-order valence-corrected chi connectivity index (χ1v) is 15.0. The van der Waals surface area contributed by atoms with E-state index >= 15 is 0 Å². The summed E-state index contributed by atoms with van der Waals surface area (Å²) in [6.07, 6.45) is -19.9. The standard InChI is InChI=1S/C26H48N4O15/c27-10-1-8(2-14(34)26(41)3-13(26)28)22(44-24-18(37)15(29)16(35)12(7-32)43-24)21(40)23(10)45-25-20(39)19(38)17(36)11(42-25)5-30-4-9(33)6-31/h8-13,15-25,30-33,35-41H,1-7,27-29H2/t8-,9?,10-,11+,12+,13?,15-,16+,17+,18+,19-,20+,21+,22-,23?,24+,25+,26?/m0/s1. The van der Waals surface area contributed by atoms with Gasteiger partial charge in [-0.2, -0.15) is 0 Å². The molecule has 0 amide bonds. The van der Waals surface area contributed by atoms with E-state index in [2.05, 4.69) is 5.32 Å². The van der Waals surface area contributed by atoms with Gasteiger partial charge in [0.1, 0.15) is 60.5 Å². The number of aliphatic hydroxyl groups is 10. The third kappa shape index (κ3) is 7.82. The number of hydrogen-bond donors (Lipinski definition) is 14. The Morgan fingerprint density at radius 3 is 2.07 bits per heavy atom. The highest BCUT2D eigenvalue weighted by Gasteiger charge is 2.58. The zero-order chi connectivity index (χ0) is 33.4. The maximum Gasteiger partial charge on any atom is 0.187 e. The van der Waals surface area contributed by atoms with Crippen molar-refractivity contribution in [2.45, 2.75) is 123 Å². The molecular weight excluding hydrogens is 608 g/mol. The van der Waals surface area contributed by atoms with Crippen molar-refractivity contribution in [1.82, 2.24) is 5.32 Å². The topological polar surface area (TPSA) is 346 Å². The number of carbonyl (C=O) groups excluding carboxylic acids is 1. The molecule has 0 aromatic carbocycles. The molecule has 0 bridgehead atoms. The molecule has 19 heteroatoms. The van der Waals surface area contributed by atoms with E-state index in [0.29, 0.717) is 0 Å². The van der Waals surface area contributed by atoms with Crippen LogP contribution in [0.25, 0.3) is 0 Å². The largest absolute Gasteiger partial charge is 0.394 e. The van der Waals surface area contributed by atoms with Crippen molar-refractivity contribution in [3.05, 3.63) is 0 Å². The van der Waals surface area contributed by atoms with Gasteiger partial charge in [-0.25, -0.2) is 0 Å². The molecular formula is C26H48N4O15. The molecule has 17 N–H and O–H groups in total. The Morgan fingerprint density at radius 1 is 0.867 bits per heavy atom. The fourth-order valence-electron chi connectivity index (χ4n) is 6.11. The number of hydrogen-bond acceptors (Lipinski definition) is 19. The zero-order valence-electron chi connectivity index (χ0n) is 24.5. The van der Waals surface area contributed by atoms with Crippen molar-refractivity contribution in [3.63, 3.8) is 0 Å². The summed E-state index contributed by atoms with van der Waals surface area (Å²) < 4.78 is 23.0. The van der Waals surface area contributed by atoms with Gasteiger partial charge in [-0.3, -0.25) is 4.79 Å². The maximum absolute atomic E-state index is 13.0. The van der Waals surface area contributed by atoms with E-state index in [1.807, 2.05) is 0 Å². The molecule has 45 heavy (non-hydrogen) atoms. The summed E-state index contributed by atoms with van der Waals surface area (Å²) >= 11 is 0. The lowest BCUT2D eigenvalue weighted by Gasteiger charge is -2.49. The Balaban J connectivity index is 1.52. The molecule has 2 aliphatic carbocycles. The summed E-state index contributed by atoms with van der Waals surface area (Å²) in [5.41, 5.74) is 16.2. The molecule has 2 heterocycles. The highest BCUT2D eigenvalue weighted by molar-refractivity contribution is 5.91. The van der Waals surface area contributed by atoms with Gasteiger partial charge in [0.05, 0.1) is 31.5 Å². The molecule has 2 aliphatic heterocycles. The number of ether oxygens (including phenoxy) is 4. The van der Waals surface area contributed by atoms with Crippen LogP contribution in [0.15, 0.2) is 0 Å². The Bertz CT molecular complexity index is 987. The lowest BCUT2D eigenvalue weighted by atomic mass is 9.76.